The van der Waals surface area contributed by atoms with Gasteiger partial charge in [0.25, 0.3) is 11.1 Å². The summed E-state index contributed by atoms with van der Waals surface area (Å²) in [6.07, 6.45) is 0.264. The fourth-order valence-corrected chi connectivity index (χ4v) is 3.04. The topological polar surface area (TPSA) is 90.0 Å². The van der Waals surface area contributed by atoms with E-state index in [1.807, 2.05) is 13.8 Å². The third kappa shape index (κ3) is 2.72. The summed E-state index contributed by atoms with van der Waals surface area (Å²) in [5.74, 6) is -0.0960. The highest BCUT2D eigenvalue weighted by atomic mass is 16.3. The molecule has 7 heteroatoms. The Hall–Kier alpha value is -3.32. The molecule has 0 aliphatic rings. The van der Waals surface area contributed by atoms with E-state index in [4.69, 9.17) is 0 Å². The monoisotopic (exact) mass is 362 g/mol. The third-order valence-electron chi connectivity index (χ3n) is 4.54. The molecule has 0 radical (unpaired) electrons. The molecule has 7 nitrogen and oxygen atoms in total. The predicted molar refractivity (Wildman–Crippen MR) is 103 cm³/mol. The lowest BCUT2D eigenvalue weighted by atomic mass is 10.1. The number of fused-ring (bicyclic) bond motifs is 2. The number of benzene rings is 2. The van der Waals surface area contributed by atoms with Crippen LogP contribution in [-0.4, -0.2) is 24.4 Å². The lowest BCUT2D eigenvalue weighted by Crippen LogP contribution is -2.39. The van der Waals surface area contributed by atoms with Crippen molar-refractivity contribution in [1.82, 2.24) is 19.3 Å². The number of para-hydroxylation sites is 2. The SMILES string of the molecule is CC(C)[C@H](O)c1nc2ccccc2c(=O)n1-n1cnc2ccccc2c1=O. The lowest BCUT2D eigenvalue weighted by molar-refractivity contribution is 0.110. The highest BCUT2D eigenvalue weighted by Gasteiger charge is 2.23. The van der Waals surface area contributed by atoms with Crippen molar-refractivity contribution in [2.24, 2.45) is 5.92 Å². The van der Waals surface area contributed by atoms with E-state index < -0.39 is 17.2 Å². The molecule has 0 saturated heterocycles. The molecule has 0 amide bonds. The van der Waals surface area contributed by atoms with Gasteiger partial charge in [-0.25, -0.2) is 9.97 Å². The maximum absolute atomic E-state index is 13.2. The van der Waals surface area contributed by atoms with E-state index in [1.165, 1.54) is 6.33 Å². The summed E-state index contributed by atoms with van der Waals surface area (Å²) in [6.45, 7) is 3.63. The molecular weight excluding hydrogens is 344 g/mol. The van der Waals surface area contributed by atoms with Crippen LogP contribution in [0.4, 0.5) is 0 Å². The minimum Gasteiger partial charge on any atom is -0.385 e. The van der Waals surface area contributed by atoms with E-state index in [9.17, 15) is 14.7 Å². The zero-order valence-corrected chi connectivity index (χ0v) is 14.9. The Morgan fingerprint density at radius 3 is 2.15 bits per heavy atom. The molecule has 2 aromatic carbocycles. The van der Waals surface area contributed by atoms with E-state index in [1.54, 1.807) is 48.5 Å². The summed E-state index contributed by atoms with van der Waals surface area (Å²) in [6, 6.07) is 13.8. The van der Waals surface area contributed by atoms with Gasteiger partial charge in [-0.05, 0) is 30.2 Å². The van der Waals surface area contributed by atoms with Gasteiger partial charge in [-0.3, -0.25) is 9.59 Å². The van der Waals surface area contributed by atoms with Gasteiger partial charge in [-0.15, -0.1) is 0 Å². The van der Waals surface area contributed by atoms with Crippen LogP contribution in [0.1, 0.15) is 25.8 Å². The van der Waals surface area contributed by atoms with E-state index in [0.717, 1.165) is 9.35 Å². The summed E-state index contributed by atoms with van der Waals surface area (Å²) in [4.78, 5) is 35.0. The Bertz CT molecular complexity index is 1270. The molecule has 0 fully saturated rings. The van der Waals surface area contributed by atoms with Gasteiger partial charge in [0.2, 0.25) is 0 Å². The number of hydrogen-bond acceptors (Lipinski definition) is 5. The predicted octanol–water partition coefficient (Wildman–Crippen LogP) is 2.11. The summed E-state index contributed by atoms with van der Waals surface area (Å²) < 4.78 is 2.24. The Morgan fingerprint density at radius 2 is 1.48 bits per heavy atom. The number of hydrogen-bond donors (Lipinski definition) is 1. The molecule has 136 valence electrons. The summed E-state index contributed by atoms with van der Waals surface area (Å²) >= 11 is 0. The van der Waals surface area contributed by atoms with Crippen molar-refractivity contribution in [2.75, 3.05) is 0 Å². The molecule has 1 N–H and O–H groups in total. The average molecular weight is 362 g/mol. The zero-order chi connectivity index (χ0) is 19.1. The summed E-state index contributed by atoms with van der Waals surface area (Å²) in [7, 11) is 0. The van der Waals surface area contributed by atoms with Crippen LogP contribution in [0.5, 0.6) is 0 Å². The van der Waals surface area contributed by atoms with Crippen molar-refractivity contribution in [2.45, 2.75) is 20.0 Å². The second-order valence-corrected chi connectivity index (χ2v) is 6.70. The first-order chi connectivity index (χ1) is 13.0. The molecule has 0 spiro atoms. The minimum atomic E-state index is -1.03. The highest BCUT2D eigenvalue weighted by molar-refractivity contribution is 5.78. The van der Waals surface area contributed by atoms with Gasteiger partial charge in [-0.2, -0.15) is 9.35 Å². The number of aromatic nitrogens is 4. The van der Waals surface area contributed by atoms with Gasteiger partial charge in [-0.1, -0.05) is 38.1 Å². The van der Waals surface area contributed by atoms with E-state index in [-0.39, 0.29) is 11.7 Å². The molecule has 1 atom stereocenters. The van der Waals surface area contributed by atoms with Crippen molar-refractivity contribution >= 4 is 21.8 Å². The maximum Gasteiger partial charge on any atom is 0.281 e. The summed E-state index contributed by atoms with van der Waals surface area (Å²) in [5, 5.41) is 11.4. The van der Waals surface area contributed by atoms with Crippen LogP contribution in [0.2, 0.25) is 0 Å². The van der Waals surface area contributed by atoms with Crippen LogP contribution >= 0.6 is 0 Å². The van der Waals surface area contributed by atoms with Crippen molar-refractivity contribution in [3.63, 3.8) is 0 Å². The molecule has 2 heterocycles. The molecule has 0 aliphatic carbocycles. The molecule has 4 rings (SSSR count). The van der Waals surface area contributed by atoms with Crippen LogP contribution in [0, 0.1) is 5.92 Å². The normalized spacial score (nSPS) is 12.7. The highest BCUT2D eigenvalue weighted by Crippen LogP contribution is 2.20. The largest absolute Gasteiger partial charge is 0.385 e. The van der Waals surface area contributed by atoms with E-state index >= 15 is 0 Å². The third-order valence-corrected chi connectivity index (χ3v) is 4.54. The first-order valence-electron chi connectivity index (χ1n) is 8.66. The standard InChI is InChI=1S/C20H18N4O3/c1-12(2)17(25)18-22-16-10-6-4-8-14(16)20(27)24(18)23-11-21-15-9-5-3-7-13(15)19(23)26/h3-12,17,25H,1-2H3/t17-/m0/s1. The first-order valence-corrected chi connectivity index (χ1v) is 8.66. The van der Waals surface area contributed by atoms with Crippen molar-refractivity contribution in [3.8, 4) is 0 Å². The molecule has 27 heavy (non-hydrogen) atoms. The number of aliphatic hydroxyl groups is 1. The fraction of sp³-hybridized carbons (Fsp3) is 0.200. The zero-order valence-electron chi connectivity index (χ0n) is 14.9. The van der Waals surface area contributed by atoms with Crippen LogP contribution in [-0.2, 0) is 0 Å². The average Bonchev–Trinajstić information content (AvgIpc) is 2.68. The van der Waals surface area contributed by atoms with E-state index in [2.05, 4.69) is 9.97 Å². The fourth-order valence-electron chi connectivity index (χ4n) is 3.04. The van der Waals surface area contributed by atoms with Crippen LogP contribution in [0.3, 0.4) is 0 Å². The van der Waals surface area contributed by atoms with Gasteiger partial charge in [0.05, 0.1) is 21.8 Å². The molecule has 0 bridgehead atoms. The second-order valence-electron chi connectivity index (χ2n) is 6.70. The molecule has 2 aromatic heterocycles. The van der Waals surface area contributed by atoms with Gasteiger partial charge in [0, 0.05) is 0 Å². The van der Waals surface area contributed by atoms with Gasteiger partial charge < -0.3 is 5.11 Å². The summed E-state index contributed by atoms with van der Waals surface area (Å²) in [5.41, 5.74) is 0.160. The Morgan fingerprint density at radius 1 is 0.889 bits per heavy atom. The van der Waals surface area contributed by atoms with Crippen LogP contribution in [0.25, 0.3) is 21.8 Å². The number of rotatable bonds is 3. The number of nitrogens with zero attached hydrogens (tertiary/aromatic N) is 4. The lowest BCUT2D eigenvalue weighted by Gasteiger charge is -2.20. The first kappa shape index (κ1) is 17.1. The van der Waals surface area contributed by atoms with E-state index in [0.29, 0.717) is 21.8 Å². The molecule has 0 unspecified atom stereocenters. The smallest absolute Gasteiger partial charge is 0.281 e. The molecule has 0 aliphatic heterocycles. The van der Waals surface area contributed by atoms with Crippen molar-refractivity contribution in [3.05, 3.63) is 81.4 Å². The Balaban J connectivity index is 2.14. The van der Waals surface area contributed by atoms with Gasteiger partial charge >= 0.3 is 0 Å². The van der Waals surface area contributed by atoms with Gasteiger partial charge in [0.1, 0.15) is 12.4 Å². The van der Waals surface area contributed by atoms with Gasteiger partial charge in [0.15, 0.2) is 5.82 Å². The maximum atomic E-state index is 13.2. The van der Waals surface area contributed by atoms with Crippen LogP contribution in [0.15, 0.2) is 64.4 Å². The molecule has 4 aromatic rings. The van der Waals surface area contributed by atoms with Crippen molar-refractivity contribution in [1.29, 1.82) is 0 Å². The molecular formula is C20H18N4O3. The Labute approximate surface area is 154 Å². The number of aliphatic hydroxyl groups excluding tert-OH is 1. The quantitative estimate of drug-likeness (QED) is 0.603. The van der Waals surface area contributed by atoms with Crippen molar-refractivity contribution < 1.29 is 5.11 Å². The molecule has 0 saturated carbocycles. The van der Waals surface area contributed by atoms with Crippen LogP contribution < -0.4 is 11.1 Å². The second kappa shape index (κ2) is 6.44. The Kier molecular flexibility index (Phi) is 4.08. The minimum absolute atomic E-state index is 0.105.